The Morgan fingerprint density at radius 2 is 2.24 bits per heavy atom. The van der Waals surface area contributed by atoms with E-state index in [-0.39, 0.29) is 26.8 Å². The number of benzene rings is 1. The van der Waals surface area contributed by atoms with Crippen molar-refractivity contribution in [1.29, 1.82) is 0 Å². The topological polar surface area (TPSA) is 88.0 Å². The standard InChI is InChI=1S/C14H12N4O2Se/c1-2-20-14(19)12(17-18-15)8-11-9-21-13(16-11)10-6-4-3-5-7-10/h3-9H,2H2,1H3/b12-8-. The molecule has 0 atom stereocenters. The van der Waals surface area contributed by atoms with Gasteiger partial charge >= 0.3 is 127 Å². The van der Waals surface area contributed by atoms with Gasteiger partial charge in [-0.15, -0.1) is 0 Å². The molecule has 0 radical (unpaired) electrons. The summed E-state index contributed by atoms with van der Waals surface area (Å²) in [6, 6.07) is 9.82. The van der Waals surface area contributed by atoms with Gasteiger partial charge in [-0.05, 0) is 0 Å². The van der Waals surface area contributed by atoms with E-state index in [1.165, 1.54) is 6.08 Å². The third kappa shape index (κ3) is 4.06. The summed E-state index contributed by atoms with van der Waals surface area (Å²) in [6.07, 6.45) is 1.45. The summed E-state index contributed by atoms with van der Waals surface area (Å²) < 4.78 is 5.81. The van der Waals surface area contributed by atoms with Crippen LogP contribution in [-0.2, 0) is 9.53 Å². The summed E-state index contributed by atoms with van der Waals surface area (Å²) in [7, 11) is 0. The SMILES string of the molecule is CCOC(=O)/C(=C/c1c[se]c(-c2ccccc2)n1)N=[N+]=[N-]. The molecule has 1 aromatic heterocycles. The third-order valence-electron chi connectivity index (χ3n) is 2.46. The molecule has 0 aliphatic heterocycles. The second kappa shape index (κ2) is 7.45. The molecule has 0 saturated heterocycles. The Hall–Kier alpha value is -2.33. The van der Waals surface area contributed by atoms with Gasteiger partial charge in [0.15, 0.2) is 0 Å². The molecule has 1 aromatic carbocycles. The molecule has 0 fully saturated rings. The monoisotopic (exact) mass is 348 g/mol. The van der Waals surface area contributed by atoms with E-state index in [0.29, 0.717) is 5.69 Å². The number of carbonyl (C=O) groups excluding carboxylic acids is 1. The zero-order valence-electron chi connectivity index (χ0n) is 11.3. The molecule has 1 heterocycles. The summed E-state index contributed by atoms with van der Waals surface area (Å²) in [5, 5.41) is 3.37. The van der Waals surface area contributed by atoms with Gasteiger partial charge in [0, 0.05) is 0 Å². The zero-order chi connectivity index (χ0) is 15.1. The summed E-state index contributed by atoms with van der Waals surface area (Å²) in [4.78, 5) is 20.7. The second-order valence-electron chi connectivity index (χ2n) is 3.88. The van der Waals surface area contributed by atoms with Crippen LogP contribution in [-0.4, -0.2) is 32.1 Å². The van der Waals surface area contributed by atoms with Crippen LogP contribution < -0.4 is 0 Å². The molecule has 0 aliphatic rings. The van der Waals surface area contributed by atoms with Crippen molar-refractivity contribution in [2.75, 3.05) is 6.61 Å². The maximum absolute atomic E-state index is 11.6. The summed E-state index contributed by atoms with van der Waals surface area (Å²) in [6.45, 7) is 1.91. The maximum atomic E-state index is 11.6. The average molecular weight is 347 g/mol. The molecule has 0 bridgehead atoms. The van der Waals surface area contributed by atoms with Crippen LogP contribution in [0, 0.1) is 0 Å². The fraction of sp³-hybridized carbons (Fsp3) is 0.143. The van der Waals surface area contributed by atoms with E-state index in [9.17, 15) is 4.79 Å². The van der Waals surface area contributed by atoms with Crippen LogP contribution in [0.1, 0.15) is 12.6 Å². The summed E-state index contributed by atoms with van der Waals surface area (Å²) in [5.74, 6) is -0.646. The van der Waals surface area contributed by atoms with Crippen molar-refractivity contribution >= 4 is 26.5 Å². The fourth-order valence-corrected chi connectivity index (χ4v) is 3.23. The van der Waals surface area contributed by atoms with Gasteiger partial charge in [0.25, 0.3) is 0 Å². The first-order valence-electron chi connectivity index (χ1n) is 6.19. The second-order valence-corrected chi connectivity index (χ2v) is 5.68. The van der Waals surface area contributed by atoms with Crippen molar-refractivity contribution in [2.45, 2.75) is 6.92 Å². The number of hydrogen-bond donors (Lipinski definition) is 0. The first-order valence-corrected chi connectivity index (χ1v) is 8.04. The first-order chi connectivity index (χ1) is 10.2. The van der Waals surface area contributed by atoms with E-state index in [1.54, 1.807) is 6.92 Å². The molecule has 6 nitrogen and oxygen atoms in total. The quantitative estimate of drug-likeness (QED) is 0.208. The zero-order valence-corrected chi connectivity index (χ0v) is 13.0. The number of carbonyl (C=O) groups is 1. The normalized spacial score (nSPS) is 10.8. The molecular formula is C14H12N4O2Se. The molecule has 0 aliphatic carbocycles. The Labute approximate surface area is 127 Å². The van der Waals surface area contributed by atoms with Gasteiger partial charge in [0.1, 0.15) is 0 Å². The van der Waals surface area contributed by atoms with Crippen molar-refractivity contribution in [3.63, 3.8) is 0 Å². The number of hydrogen-bond acceptors (Lipinski definition) is 4. The van der Waals surface area contributed by atoms with Gasteiger partial charge in [0.05, 0.1) is 0 Å². The first kappa shape index (κ1) is 15.1. The van der Waals surface area contributed by atoms with E-state index < -0.39 is 5.97 Å². The van der Waals surface area contributed by atoms with Crippen molar-refractivity contribution in [3.8, 4) is 10.1 Å². The molecule has 0 N–H and O–H groups in total. The van der Waals surface area contributed by atoms with Crippen molar-refractivity contribution in [1.82, 2.24) is 4.98 Å². The van der Waals surface area contributed by atoms with E-state index in [1.807, 2.05) is 35.3 Å². The Kier molecular flexibility index (Phi) is 5.35. The Morgan fingerprint density at radius 1 is 1.48 bits per heavy atom. The van der Waals surface area contributed by atoms with Crippen LogP contribution >= 0.6 is 0 Å². The van der Waals surface area contributed by atoms with Crippen molar-refractivity contribution < 1.29 is 9.53 Å². The molecule has 0 spiro atoms. The van der Waals surface area contributed by atoms with Gasteiger partial charge in [-0.2, -0.15) is 0 Å². The molecule has 0 saturated carbocycles. The Balaban J connectivity index is 2.29. The predicted octanol–water partition coefficient (Wildman–Crippen LogP) is 3.02. The molecule has 7 heteroatoms. The number of rotatable bonds is 5. The van der Waals surface area contributed by atoms with Crippen molar-refractivity contribution in [2.24, 2.45) is 5.11 Å². The van der Waals surface area contributed by atoms with Crippen LogP contribution in [0.25, 0.3) is 26.7 Å². The molecular weight excluding hydrogens is 335 g/mol. The molecule has 2 aromatic rings. The van der Waals surface area contributed by atoms with Crippen LogP contribution in [0.3, 0.4) is 0 Å². The Bertz CT molecular complexity index is 703. The van der Waals surface area contributed by atoms with E-state index in [4.69, 9.17) is 10.3 Å². The molecule has 0 amide bonds. The Morgan fingerprint density at radius 3 is 2.90 bits per heavy atom. The number of ether oxygens (including phenoxy) is 1. The van der Waals surface area contributed by atoms with E-state index >= 15 is 0 Å². The van der Waals surface area contributed by atoms with E-state index in [2.05, 4.69) is 15.0 Å². The van der Waals surface area contributed by atoms with Gasteiger partial charge in [-0.1, -0.05) is 0 Å². The summed E-state index contributed by atoms with van der Waals surface area (Å²) in [5.41, 5.74) is 10.1. The fourth-order valence-electron chi connectivity index (χ4n) is 1.59. The number of aromatic nitrogens is 1. The predicted molar refractivity (Wildman–Crippen MR) is 80.4 cm³/mol. The minimum atomic E-state index is -0.646. The van der Waals surface area contributed by atoms with Gasteiger partial charge in [-0.25, -0.2) is 0 Å². The van der Waals surface area contributed by atoms with E-state index in [0.717, 1.165) is 10.1 Å². The molecule has 2 rings (SSSR count). The number of azide groups is 1. The molecule has 21 heavy (non-hydrogen) atoms. The summed E-state index contributed by atoms with van der Waals surface area (Å²) >= 11 is 0.0866. The molecule has 106 valence electrons. The minimum absolute atomic E-state index is 0.0838. The number of esters is 1. The third-order valence-corrected chi connectivity index (χ3v) is 4.37. The van der Waals surface area contributed by atoms with Crippen LogP contribution in [0.4, 0.5) is 0 Å². The van der Waals surface area contributed by atoms with Gasteiger partial charge in [0.2, 0.25) is 0 Å². The van der Waals surface area contributed by atoms with Crippen LogP contribution in [0.15, 0.2) is 46.1 Å². The van der Waals surface area contributed by atoms with Gasteiger partial charge < -0.3 is 0 Å². The van der Waals surface area contributed by atoms with Crippen molar-refractivity contribution in [3.05, 3.63) is 57.1 Å². The van der Waals surface area contributed by atoms with Crippen LogP contribution in [0.5, 0.6) is 0 Å². The van der Waals surface area contributed by atoms with Gasteiger partial charge in [-0.3, -0.25) is 0 Å². The van der Waals surface area contributed by atoms with Crippen LogP contribution in [0.2, 0.25) is 0 Å². The average Bonchev–Trinajstić information content (AvgIpc) is 2.96. The number of nitrogens with zero attached hydrogens (tertiary/aromatic N) is 4. The molecule has 0 unspecified atom stereocenters.